The van der Waals surface area contributed by atoms with E-state index in [0.717, 1.165) is 6.42 Å². The van der Waals surface area contributed by atoms with Crippen molar-refractivity contribution >= 4 is 9.84 Å². The first kappa shape index (κ1) is 12.9. The fourth-order valence-corrected chi connectivity index (χ4v) is 3.20. The van der Waals surface area contributed by atoms with Gasteiger partial charge in [0, 0.05) is 24.3 Å². The van der Waals surface area contributed by atoms with Crippen molar-refractivity contribution < 1.29 is 13.2 Å². The van der Waals surface area contributed by atoms with Gasteiger partial charge in [-0.1, -0.05) is 6.92 Å². The molecule has 0 bridgehead atoms. The van der Waals surface area contributed by atoms with Crippen molar-refractivity contribution in [2.24, 2.45) is 17.1 Å². The Morgan fingerprint density at radius 1 is 1.47 bits per heavy atom. The maximum absolute atomic E-state index is 11.4. The van der Waals surface area contributed by atoms with Crippen LogP contribution in [0.15, 0.2) is 0 Å². The zero-order valence-corrected chi connectivity index (χ0v) is 10.3. The van der Waals surface area contributed by atoms with Crippen molar-refractivity contribution in [2.75, 3.05) is 31.3 Å². The molecule has 0 aromatic carbocycles. The summed E-state index contributed by atoms with van der Waals surface area (Å²) in [5.41, 5.74) is 5.63. The van der Waals surface area contributed by atoms with Crippen molar-refractivity contribution in [1.82, 2.24) is 0 Å². The maximum atomic E-state index is 11.4. The molecule has 0 spiro atoms. The minimum absolute atomic E-state index is 0.0573. The van der Waals surface area contributed by atoms with E-state index in [1.165, 1.54) is 0 Å². The largest absolute Gasteiger partial charge is 0.381 e. The van der Waals surface area contributed by atoms with E-state index in [-0.39, 0.29) is 22.8 Å². The van der Waals surface area contributed by atoms with Crippen LogP contribution in [-0.2, 0) is 14.6 Å². The highest BCUT2D eigenvalue weighted by Gasteiger charge is 2.54. The highest BCUT2D eigenvalue weighted by atomic mass is 32.2. The Labute approximate surface area is 92.1 Å². The Balaban J connectivity index is 2.48. The van der Waals surface area contributed by atoms with E-state index in [0.29, 0.717) is 19.8 Å². The maximum Gasteiger partial charge on any atom is 0.150 e. The first-order chi connectivity index (χ1) is 6.99. The van der Waals surface area contributed by atoms with E-state index >= 15 is 0 Å². The molecule has 5 heteroatoms. The van der Waals surface area contributed by atoms with Crippen LogP contribution in [0.3, 0.4) is 0 Å². The molecule has 1 aliphatic rings. The molecule has 1 saturated carbocycles. The second-order valence-electron chi connectivity index (χ2n) is 4.30. The van der Waals surface area contributed by atoms with Crippen molar-refractivity contribution in [2.45, 2.75) is 20.3 Å². The first-order valence-corrected chi connectivity index (χ1v) is 7.30. The van der Waals surface area contributed by atoms with Gasteiger partial charge in [-0.15, -0.1) is 0 Å². The first-order valence-electron chi connectivity index (χ1n) is 5.48. The van der Waals surface area contributed by atoms with Gasteiger partial charge in [0.2, 0.25) is 0 Å². The molecule has 0 amide bonds. The third-order valence-corrected chi connectivity index (χ3v) is 5.04. The lowest BCUT2D eigenvalue weighted by molar-refractivity contribution is 0.0982. The minimum Gasteiger partial charge on any atom is -0.381 e. The Morgan fingerprint density at radius 3 is 2.60 bits per heavy atom. The SMILES string of the molecule is CCOC[C@@]1(CN)C[C@@H]1CS(=O)(=O)CC. The van der Waals surface area contributed by atoms with Gasteiger partial charge in [-0.05, 0) is 19.3 Å². The van der Waals surface area contributed by atoms with Crippen molar-refractivity contribution in [3.8, 4) is 0 Å². The highest BCUT2D eigenvalue weighted by Crippen LogP contribution is 2.52. The lowest BCUT2D eigenvalue weighted by Crippen LogP contribution is -2.26. The predicted molar refractivity (Wildman–Crippen MR) is 60.4 cm³/mol. The number of nitrogens with two attached hydrogens (primary N) is 1. The standard InChI is InChI=1S/C10H21NO3S/c1-3-14-8-10(7-11)5-9(10)6-15(12,13)4-2/h9H,3-8,11H2,1-2H3/t9-,10+/m1/s1. The minimum atomic E-state index is -2.87. The molecule has 0 unspecified atom stereocenters. The molecule has 1 aliphatic carbocycles. The summed E-state index contributed by atoms with van der Waals surface area (Å²) in [6.45, 7) is 5.41. The van der Waals surface area contributed by atoms with E-state index < -0.39 is 9.84 Å². The lowest BCUT2D eigenvalue weighted by atomic mass is 10.1. The molecule has 0 aromatic rings. The predicted octanol–water partition coefficient (Wildman–Crippen LogP) is 0.423. The van der Waals surface area contributed by atoms with E-state index in [9.17, 15) is 8.42 Å². The number of sulfone groups is 1. The highest BCUT2D eigenvalue weighted by molar-refractivity contribution is 7.91. The zero-order valence-electron chi connectivity index (χ0n) is 9.53. The van der Waals surface area contributed by atoms with Crippen LogP contribution in [0.2, 0.25) is 0 Å². The normalized spacial score (nSPS) is 30.5. The summed E-state index contributed by atoms with van der Waals surface area (Å²) in [5.74, 6) is 0.700. The average molecular weight is 235 g/mol. The smallest absolute Gasteiger partial charge is 0.150 e. The molecular formula is C10H21NO3S. The second kappa shape index (κ2) is 4.80. The van der Waals surface area contributed by atoms with E-state index in [2.05, 4.69) is 0 Å². The quantitative estimate of drug-likeness (QED) is 0.694. The molecule has 0 saturated heterocycles. The Hall–Kier alpha value is -0.130. The van der Waals surface area contributed by atoms with Crippen LogP contribution >= 0.6 is 0 Å². The number of ether oxygens (including phenoxy) is 1. The third kappa shape index (κ3) is 3.16. The van der Waals surface area contributed by atoms with Gasteiger partial charge in [-0.3, -0.25) is 0 Å². The van der Waals surface area contributed by atoms with Gasteiger partial charge < -0.3 is 10.5 Å². The van der Waals surface area contributed by atoms with Gasteiger partial charge in [-0.25, -0.2) is 8.42 Å². The summed E-state index contributed by atoms with van der Waals surface area (Å²) in [7, 11) is -2.87. The van der Waals surface area contributed by atoms with Crippen molar-refractivity contribution in [3.63, 3.8) is 0 Å². The Kier molecular flexibility index (Phi) is 4.14. The van der Waals surface area contributed by atoms with Gasteiger partial charge in [0.15, 0.2) is 0 Å². The van der Waals surface area contributed by atoms with Gasteiger partial charge in [-0.2, -0.15) is 0 Å². The van der Waals surface area contributed by atoms with Gasteiger partial charge >= 0.3 is 0 Å². The molecule has 90 valence electrons. The molecule has 0 heterocycles. The summed E-state index contributed by atoms with van der Waals surface area (Å²) in [6.07, 6.45) is 0.892. The Morgan fingerprint density at radius 2 is 2.13 bits per heavy atom. The summed E-state index contributed by atoms with van der Waals surface area (Å²) >= 11 is 0. The van der Waals surface area contributed by atoms with Crippen LogP contribution in [0.25, 0.3) is 0 Å². The van der Waals surface area contributed by atoms with Crippen LogP contribution in [0.5, 0.6) is 0 Å². The molecule has 1 rings (SSSR count). The summed E-state index contributed by atoms with van der Waals surface area (Å²) in [5, 5.41) is 0. The van der Waals surface area contributed by atoms with Crippen molar-refractivity contribution in [3.05, 3.63) is 0 Å². The zero-order chi connectivity index (χ0) is 11.5. The second-order valence-corrected chi connectivity index (χ2v) is 6.70. The number of hydrogen-bond acceptors (Lipinski definition) is 4. The molecule has 2 atom stereocenters. The van der Waals surface area contributed by atoms with E-state index in [1.807, 2.05) is 6.92 Å². The van der Waals surface area contributed by atoms with Crippen molar-refractivity contribution in [1.29, 1.82) is 0 Å². The number of rotatable bonds is 7. The molecule has 1 fully saturated rings. The topological polar surface area (TPSA) is 69.4 Å². The summed E-state index contributed by atoms with van der Waals surface area (Å²) < 4.78 is 28.2. The average Bonchev–Trinajstić information content (AvgIpc) is 2.88. The van der Waals surface area contributed by atoms with E-state index in [4.69, 9.17) is 10.5 Å². The van der Waals surface area contributed by atoms with Gasteiger partial charge in [0.25, 0.3) is 0 Å². The van der Waals surface area contributed by atoms with Crippen LogP contribution < -0.4 is 5.73 Å². The molecule has 2 N–H and O–H groups in total. The summed E-state index contributed by atoms with van der Waals surface area (Å²) in [4.78, 5) is 0. The van der Waals surface area contributed by atoms with Gasteiger partial charge in [0.05, 0.1) is 12.4 Å². The van der Waals surface area contributed by atoms with Crippen LogP contribution in [-0.4, -0.2) is 39.7 Å². The van der Waals surface area contributed by atoms with Crippen LogP contribution in [0, 0.1) is 11.3 Å². The molecule has 4 nitrogen and oxygen atoms in total. The fourth-order valence-electron chi connectivity index (χ4n) is 1.88. The van der Waals surface area contributed by atoms with Crippen LogP contribution in [0.1, 0.15) is 20.3 Å². The van der Waals surface area contributed by atoms with E-state index in [1.54, 1.807) is 6.92 Å². The fraction of sp³-hybridized carbons (Fsp3) is 1.00. The molecule has 0 radical (unpaired) electrons. The molecule has 0 aromatic heterocycles. The summed E-state index contributed by atoms with van der Waals surface area (Å²) in [6, 6.07) is 0. The number of hydrogen-bond donors (Lipinski definition) is 1. The monoisotopic (exact) mass is 235 g/mol. The van der Waals surface area contributed by atoms with Gasteiger partial charge in [0.1, 0.15) is 9.84 Å². The Bertz CT molecular complexity index is 302. The van der Waals surface area contributed by atoms with Crippen LogP contribution in [0.4, 0.5) is 0 Å². The lowest BCUT2D eigenvalue weighted by Gasteiger charge is -2.14. The molecule has 15 heavy (non-hydrogen) atoms. The molecular weight excluding hydrogens is 214 g/mol. The molecule has 0 aliphatic heterocycles. The third-order valence-electron chi connectivity index (χ3n) is 3.25.